The van der Waals surface area contributed by atoms with Crippen molar-refractivity contribution >= 4 is 12.1 Å². The van der Waals surface area contributed by atoms with Gasteiger partial charge in [-0.15, -0.1) is 0 Å². The number of hydrogen-bond acceptors (Lipinski definition) is 6. The van der Waals surface area contributed by atoms with Gasteiger partial charge in [0.25, 0.3) is 5.91 Å². The number of phenolic OH excluding ortho intramolecular Hbond substituents is 3. The van der Waals surface area contributed by atoms with Gasteiger partial charge in [0.2, 0.25) is 0 Å². The van der Waals surface area contributed by atoms with Crippen molar-refractivity contribution in [1.29, 1.82) is 0 Å². The summed E-state index contributed by atoms with van der Waals surface area (Å²) in [7, 11) is 1.43. The molecule has 0 bridgehead atoms. The van der Waals surface area contributed by atoms with Gasteiger partial charge in [-0.25, -0.2) is 5.43 Å². The topological polar surface area (TPSA) is 111 Å². The molecule has 0 saturated heterocycles. The third-order valence-electron chi connectivity index (χ3n) is 2.86. The van der Waals surface area contributed by atoms with Crippen molar-refractivity contribution in [3.63, 3.8) is 0 Å². The molecule has 2 aromatic rings. The zero-order valence-corrected chi connectivity index (χ0v) is 11.6. The number of nitrogens with zero attached hydrogens (tertiary/aromatic N) is 1. The number of nitrogens with one attached hydrogen (secondary N) is 1. The molecule has 0 aliphatic heterocycles. The number of para-hydroxylation sites is 1. The number of methoxy groups -OCH3 is 1. The Labute approximate surface area is 126 Å². The van der Waals surface area contributed by atoms with E-state index in [0.717, 1.165) is 6.07 Å². The van der Waals surface area contributed by atoms with Crippen molar-refractivity contribution in [2.24, 2.45) is 5.10 Å². The number of amides is 1. The Morgan fingerprint density at radius 3 is 2.64 bits per heavy atom. The van der Waals surface area contributed by atoms with Crippen LogP contribution in [0.4, 0.5) is 0 Å². The van der Waals surface area contributed by atoms with Crippen molar-refractivity contribution in [1.82, 2.24) is 5.43 Å². The summed E-state index contributed by atoms with van der Waals surface area (Å²) in [6.45, 7) is 0. The van der Waals surface area contributed by atoms with E-state index < -0.39 is 11.7 Å². The Morgan fingerprint density at radius 2 is 1.95 bits per heavy atom. The van der Waals surface area contributed by atoms with E-state index in [-0.39, 0.29) is 17.1 Å². The predicted molar refractivity (Wildman–Crippen MR) is 79.5 cm³/mol. The van der Waals surface area contributed by atoms with E-state index in [1.165, 1.54) is 25.5 Å². The number of rotatable bonds is 4. The van der Waals surface area contributed by atoms with Crippen LogP contribution in [0.25, 0.3) is 0 Å². The Balaban J connectivity index is 2.09. The minimum atomic E-state index is -0.575. The van der Waals surface area contributed by atoms with Crippen molar-refractivity contribution < 1.29 is 24.9 Å². The van der Waals surface area contributed by atoms with Gasteiger partial charge >= 0.3 is 0 Å². The van der Waals surface area contributed by atoms with Crippen LogP contribution in [0.1, 0.15) is 15.9 Å². The number of hydrazone groups is 1. The van der Waals surface area contributed by atoms with E-state index >= 15 is 0 Å². The lowest BCUT2D eigenvalue weighted by Crippen LogP contribution is -2.17. The zero-order valence-electron chi connectivity index (χ0n) is 11.6. The van der Waals surface area contributed by atoms with Crippen LogP contribution in [-0.2, 0) is 0 Å². The minimum Gasteiger partial charge on any atom is -0.504 e. The first-order chi connectivity index (χ1) is 10.5. The highest BCUT2D eigenvalue weighted by Gasteiger charge is 2.08. The maximum absolute atomic E-state index is 11.8. The van der Waals surface area contributed by atoms with E-state index in [1.807, 2.05) is 0 Å². The van der Waals surface area contributed by atoms with Crippen molar-refractivity contribution in [2.75, 3.05) is 7.11 Å². The van der Waals surface area contributed by atoms with Gasteiger partial charge < -0.3 is 20.1 Å². The van der Waals surface area contributed by atoms with Gasteiger partial charge in [-0.1, -0.05) is 6.07 Å². The van der Waals surface area contributed by atoms with E-state index in [9.17, 15) is 20.1 Å². The second-order valence-corrected chi connectivity index (χ2v) is 4.30. The molecule has 0 heterocycles. The van der Waals surface area contributed by atoms with Gasteiger partial charge in [0.15, 0.2) is 23.0 Å². The van der Waals surface area contributed by atoms with Gasteiger partial charge in [-0.3, -0.25) is 4.79 Å². The molecule has 4 N–H and O–H groups in total. The molecule has 2 aromatic carbocycles. The normalized spacial score (nSPS) is 10.6. The van der Waals surface area contributed by atoms with Crippen LogP contribution in [0.3, 0.4) is 0 Å². The van der Waals surface area contributed by atoms with Crippen LogP contribution in [0.5, 0.6) is 23.0 Å². The molecule has 0 atom stereocenters. The average Bonchev–Trinajstić information content (AvgIpc) is 2.51. The van der Waals surface area contributed by atoms with Gasteiger partial charge in [-0.05, 0) is 30.3 Å². The molecule has 0 spiro atoms. The van der Waals surface area contributed by atoms with Crippen LogP contribution < -0.4 is 10.2 Å². The van der Waals surface area contributed by atoms with Crippen LogP contribution in [-0.4, -0.2) is 34.6 Å². The minimum absolute atomic E-state index is 0.0923. The molecule has 0 saturated carbocycles. The maximum Gasteiger partial charge on any atom is 0.271 e. The Morgan fingerprint density at radius 1 is 1.18 bits per heavy atom. The van der Waals surface area contributed by atoms with E-state index in [4.69, 9.17) is 4.74 Å². The number of carbonyl (C=O) groups excluding carboxylic acids is 1. The molecule has 7 nitrogen and oxygen atoms in total. The zero-order chi connectivity index (χ0) is 16.1. The molecule has 0 aliphatic rings. The Bertz CT molecular complexity index is 728. The fourth-order valence-corrected chi connectivity index (χ4v) is 1.70. The van der Waals surface area contributed by atoms with Crippen molar-refractivity contribution in [3.05, 3.63) is 47.5 Å². The summed E-state index contributed by atoms with van der Waals surface area (Å²) in [6.07, 6.45) is 1.26. The van der Waals surface area contributed by atoms with Crippen LogP contribution >= 0.6 is 0 Å². The number of aromatic hydroxyl groups is 3. The summed E-state index contributed by atoms with van der Waals surface area (Å²) in [5.74, 6) is -1.10. The number of phenols is 3. The van der Waals surface area contributed by atoms with Crippen molar-refractivity contribution in [2.45, 2.75) is 0 Å². The molecule has 22 heavy (non-hydrogen) atoms. The highest BCUT2D eigenvalue weighted by atomic mass is 16.5. The number of carbonyl (C=O) groups is 1. The van der Waals surface area contributed by atoms with Crippen LogP contribution in [0.15, 0.2) is 41.5 Å². The summed E-state index contributed by atoms with van der Waals surface area (Å²) in [4.78, 5) is 11.8. The fourth-order valence-electron chi connectivity index (χ4n) is 1.70. The molecule has 0 aliphatic carbocycles. The molecule has 7 heteroatoms. The first-order valence-corrected chi connectivity index (χ1v) is 6.24. The monoisotopic (exact) mass is 302 g/mol. The Hall–Kier alpha value is -3.22. The number of hydrogen-bond donors (Lipinski definition) is 4. The van der Waals surface area contributed by atoms with Gasteiger partial charge in [0.05, 0.1) is 13.3 Å². The fraction of sp³-hybridized carbons (Fsp3) is 0.0667. The largest absolute Gasteiger partial charge is 0.504 e. The molecule has 0 aromatic heterocycles. The lowest BCUT2D eigenvalue weighted by Gasteiger charge is -2.05. The first-order valence-electron chi connectivity index (χ1n) is 6.24. The Kier molecular flexibility index (Phi) is 4.47. The second-order valence-electron chi connectivity index (χ2n) is 4.30. The molecule has 2 rings (SSSR count). The van der Waals surface area contributed by atoms with E-state index in [0.29, 0.717) is 11.3 Å². The smallest absolute Gasteiger partial charge is 0.271 e. The second kappa shape index (κ2) is 6.49. The third-order valence-corrected chi connectivity index (χ3v) is 2.86. The first kappa shape index (κ1) is 15.2. The average molecular weight is 302 g/mol. The summed E-state index contributed by atoms with van der Waals surface area (Å²) in [6, 6.07) is 8.50. The summed E-state index contributed by atoms with van der Waals surface area (Å²) in [5.41, 5.74) is 2.74. The lowest BCUT2D eigenvalue weighted by atomic mass is 10.2. The molecule has 0 radical (unpaired) electrons. The van der Waals surface area contributed by atoms with Gasteiger partial charge in [0, 0.05) is 11.1 Å². The molecule has 114 valence electrons. The summed E-state index contributed by atoms with van der Waals surface area (Å²) in [5, 5.41) is 32.1. The van der Waals surface area contributed by atoms with Crippen molar-refractivity contribution in [3.8, 4) is 23.0 Å². The number of benzene rings is 2. The number of ether oxygens (including phenoxy) is 1. The van der Waals surface area contributed by atoms with Gasteiger partial charge in [0.1, 0.15) is 0 Å². The van der Waals surface area contributed by atoms with E-state index in [2.05, 4.69) is 10.5 Å². The molecular weight excluding hydrogens is 288 g/mol. The molecule has 0 unspecified atom stereocenters. The quantitative estimate of drug-likeness (QED) is 0.389. The summed E-state index contributed by atoms with van der Waals surface area (Å²) >= 11 is 0. The lowest BCUT2D eigenvalue weighted by molar-refractivity contribution is 0.0954. The third kappa shape index (κ3) is 3.26. The predicted octanol–water partition coefficient (Wildman–Crippen LogP) is 1.58. The highest BCUT2D eigenvalue weighted by Crippen LogP contribution is 2.28. The molecule has 0 fully saturated rings. The highest BCUT2D eigenvalue weighted by molar-refractivity contribution is 5.95. The van der Waals surface area contributed by atoms with Gasteiger partial charge in [-0.2, -0.15) is 5.10 Å². The molecular formula is C15H14N2O5. The molecule has 1 amide bonds. The summed E-state index contributed by atoms with van der Waals surface area (Å²) < 4.78 is 4.96. The van der Waals surface area contributed by atoms with Crippen LogP contribution in [0, 0.1) is 0 Å². The SMILES string of the molecule is COc1cccc(/C=N/NC(=O)c2ccc(O)c(O)c2)c1O. The van der Waals surface area contributed by atoms with Crippen LogP contribution in [0.2, 0.25) is 0 Å². The standard InChI is InChI=1S/C15H14N2O5/c1-22-13-4-2-3-10(14(13)20)8-16-17-15(21)9-5-6-11(18)12(19)7-9/h2-8,18-20H,1H3,(H,17,21)/b16-8+. The van der Waals surface area contributed by atoms with E-state index in [1.54, 1.807) is 18.2 Å². The maximum atomic E-state index is 11.8.